The van der Waals surface area contributed by atoms with Crippen LogP contribution in [0.1, 0.15) is 5.56 Å². The molecule has 15 heavy (non-hydrogen) atoms. The molecule has 0 fully saturated rings. The van der Waals surface area contributed by atoms with Crippen LogP contribution in [-0.2, 0) is 11.2 Å². The molecule has 5 heteroatoms. The molecule has 78 valence electrons. The predicted octanol–water partition coefficient (Wildman–Crippen LogP) is 1.13. The number of carbonyl (C=O) groups excluding carboxylic acids is 1. The van der Waals surface area contributed by atoms with Gasteiger partial charge in [-0.3, -0.25) is 4.79 Å². The Morgan fingerprint density at radius 3 is 2.40 bits per heavy atom. The molecule has 0 aliphatic rings. The number of benzene rings is 1. The molecule has 0 spiro atoms. The summed E-state index contributed by atoms with van der Waals surface area (Å²) >= 11 is 0. The number of amides is 1. The molecule has 0 aromatic heterocycles. The number of nitrogens with two attached hydrogens (primary N) is 1. The van der Waals surface area contributed by atoms with Crippen LogP contribution in [0.5, 0.6) is 0 Å². The topological polar surface area (TPSA) is 66.9 Å². The van der Waals surface area contributed by atoms with Crippen molar-refractivity contribution in [1.29, 1.82) is 5.26 Å². The van der Waals surface area contributed by atoms with Crippen molar-refractivity contribution in [3.05, 3.63) is 35.4 Å². The minimum absolute atomic E-state index is 0.289. The van der Waals surface area contributed by atoms with Gasteiger partial charge in [0.1, 0.15) is 17.6 Å². The van der Waals surface area contributed by atoms with Crippen LogP contribution in [-0.4, -0.2) is 5.91 Å². The zero-order valence-corrected chi connectivity index (χ0v) is 7.71. The highest BCUT2D eigenvalue weighted by Crippen LogP contribution is 2.16. The largest absolute Gasteiger partial charge is 0.369 e. The number of primary amides is 1. The predicted molar refractivity (Wildman–Crippen MR) is 48.4 cm³/mol. The second kappa shape index (κ2) is 4.51. The van der Waals surface area contributed by atoms with Gasteiger partial charge in [0, 0.05) is 12.0 Å². The monoisotopic (exact) mass is 210 g/mol. The van der Waals surface area contributed by atoms with E-state index in [1.165, 1.54) is 6.07 Å². The van der Waals surface area contributed by atoms with Gasteiger partial charge in [0.05, 0.1) is 6.07 Å². The lowest BCUT2D eigenvalue weighted by molar-refractivity contribution is -0.120. The van der Waals surface area contributed by atoms with Crippen molar-refractivity contribution >= 4 is 5.91 Å². The van der Waals surface area contributed by atoms with Gasteiger partial charge in [-0.05, 0) is 12.1 Å². The first-order valence-electron chi connectivity index (χ1n) is 4.18. The molecule has 0 bridgehead atoms. The Kier molecular flexibility index (Phi) is 3.34. The summed E-state index contributed by atoms with van der Waals surface area (Å²) in [5, 5.41) is 8.54. The van der Waals surface area contributed by atoms with Gasteiger partial charge in [0.25, 0.3) is 0 Å². The van der Waals surface area contributed by atoms with E-state index in [2.05, 4.69) is 0 Å². The summed E-state index contributed by atoms with van der Waals surface area (Å²) in [4.78, 5) is 10.7. The van der Waals surface area contributed by atoms with Crippen LogP contribution in [0, 0.1) is 28.9 Å². The van der Waals surface area contributed by atoms with Gasteiger partial charge in [-0.1, -0.05) is 6.07 Å². The molecule has 0 unspecified atom stereocenters. The molecule has 0 saturated carbocycles. The first kappa shape index (κ1) is 11.1. The third-order valence-electron chi connectivity index (χ3n) is 1.97. The van der Waals surface area contributed by atoms with Gasteiger partial charge in [-0.15, -0.1) is 0 Å². The summed E-state index contributed by atoms with van der Waals surface area (Å²) in [7, 11) is 0. The van der Waals surface area contributed by atoms with Crippen LogP contribution in [0.2, 0.25) is 0 Å². The minimum atomic E-state index is -1.21. The maximum absolute atomic E-state index is 13.1. The van der Waals surface area contributed by atoms with Crippen LogP contribution in [0.3, 0.4) is 0 Å². The van der Waals surface area contributed by atoms with Crippen LogP contribution in [0.25, 0.3) is 0 Å². The number of hydrogen-bond donors (Lipinski definition) is 1. The van der Waals surface area contributed by atoms with Gasteiger partial charge in [-0.25, -0.2) is 8.78 Å². The van der Waals surface area contributed by atoms with Crippen molar-refractivity contribution in [3.63, 3.8) is 0 Å². The lowest BCUT2D eigenvalue weighted by Gasteiger charge is -2.06. The Bertz CT molecular complexity index is 406. The number of halogens is 2. The zero-order valence-electron chi connectivity index (χ0n) is 7.71. The molecule has 0 aliphatic heterocycles. The SMILES string of the molecule is N#C[C@@H](Cc1c(F)cccc1F)C(N)=O. The highest BCUT2D eigenvalue weighted by atomic mass is 19.1. The maximum Gasteiger partial charge on any atom is 0.235 e. The molecule has 1 aromatic rings. The van der Waals surface area contributed by atoms with Crippen LogP contribution >= 0.6 is 0 Å². The first-order chi connectivity index (χ1) is 7.06. The molecule has 1 rings (SSSR count). The average molecular weight is 210 g/mol. The average Bonchev–Trinajstić information content (AvgIpc) is 2.17. The van der Waals surface area contributed by atoms with E-state index < -0.39 is 23.5 Å². The third-order valence-corrected chi connectivity index (χ3v) is 1.97. The zero-order chi connectivity index (χ0) is 11.4. The fraction of sp³-hybridized carbons (Fsp3) is 0.200. The smallest absolute Gasteiger partial charge is 0.235 e. The van der Waals surface area contributed by atoms with Crippen molar-refractivity contribution in [2.75, 3.05) is 0 Å². The molecule has 0 radical (unpaired) electrons. The van der Waals surface area contributed by atoms with Crippen LogP contribution in [0.15, 0.2) is 18.2 Å². The Morgan fingerprint density at radius 1 is 1.47 bits per heavy atom. The standard InChI is InChI=1S/C10H8F2N2O/c11-8-2-1-3-9(12)7(8)4-6(5-13)10(14)15/h1-3,6H,4H2,(H2,14,15)/t6-/m1/s1. The van der Waals surface area contributed by atoms with Gasteiger partial charge >= 0.3 is 0 Å². The second-order valence-electron chi connectivity index (χ2n) is 2.99. The molecule has 1 atom stereocenters. The van der Waals surface area contributed by atoms with E-state index in [1.54, 1.807) is 6.07 Å². The van der Waals surface area contributed by atoms with Crippen molar-refractivity contribution in [2.45, 2.75) is 6.42 Å². The summed E-state index contributed by atoms with van der Waals surface area (Å²) < 4.78 is 26.2. The Balaban J connectivity index is 2.99. The molecule has 2 N–H and O–H groups in total. The highest BCUT2D eigenvalue weighted by molar-refractivity contribution is 5.79. The van der Waals surface area contributed by atoms with E-state index in [0.717, 1.165) is 12.1 Å². The van der Waals surface area contributed by atoms with E-state index in [0.29, 0.717) is 0 Å². The number of nitrogens with zero attached hydrogens (tertiary/aromatic N) is 1. The normalized spacial score (nSPS) is 11.8. The van der Waals surface area contributed by atoms with Gasteiger partial charge in [-0.2, -0.15) is 5.26 Å². The number of rotatable bonds is 3. The van der Waals surface area contributed by atoms with E-state index in [1.807, 2.05) is 0 Å². The van der Waals surface area contributed by atoms with Crippen molar-refractivity contribution < 1.29 is 13.6 Å². The number of nitriles is 1. The molecule has 1 aromatic carbocycles. The van der Waals surface area contributed by atoms with Gasteiger partial charge in [0.2, 0.25) is 5.91 Å². The molecular weight excluding hydrogens is 202 g/mol. The van der Waals surface area contributed by atoms with Crippen LogP contribution < -0.4 is 5.73 Å². The quantitative estimate of drug-likeness (QED) is 0.812. The van der Waals surface area contributed by atoms with Gasteiger partial charge < -0.3 is 5.73 Å². The third kappa shape index (κ3) is 2.50. The first-order valence-corrected chi connectivity index (χ1v) is 4.18. The van der Waals surface area contributed by atoms with Gasteiger partial charge in [0.15, 0.2) is 0 Å². The molecular formula is C10H8F2N2O. The fourth-order valence-corrected chi connectivity index (χ4v) is 1.14. The lowest BCUT2D eigenvalue weighted by Crippen LogP contribution is -2.24. The van der Waals surface area contributed by atoms with E-state index in [4.69, 9.17) is 11.0 Å². The molecule has 1 amide bonds. The summed E-state index contributed by atoms with van der Waals surface area (Å²) in [6.07, 6.45) is -0.343. The molecule has 0 aliphatic carbocycles. The summed E-state index contributed by atoms with van der Waals surface area (Å²) in [6.45, 7) is 0. The Morgan fingerprint density at radius 2 is 2.00 bits per heavy atom. The molecule has 3 nitrogen and oxygen atoms in total. The van der Waals surface area contributed by atoms with Crippen LogP contribution in [0.4, 0.5) is 8.78 Å². The lowest BCUT2D eigenvalue weighted by atomic mass is 9.99. The van der Waals surface area contributed by atoms with E-state index in [9.17, 15) is 13.6 Å². The molecule has 0 heterocycles. The number of hydrogen-bond acceptors (Lipinski definition) is 2. The van der Waals surface area contributed by atoms with Crippen molar-refractivity contribution in [3.8, 4) is 6.07 Å². The Labute approximate surface area is 85.1 Å². The summed E-state index contributed by atoms with van der Waals surface area (Å²) in [5.74, 6) is -3.66. The van der Waals surface area contributed by atoms with Crippen molar-refractivity contribution in [1.82, 2.24) is 0 Å². The second-order valence-corrected chi connectivity index (χ2v) is 2.99. The summed E-state index contributed by atoms with van der Waals surface area (Å²) in [5.41, 5.74) is 4.60. The fourth-order valence-electron chi connectivity index (χ4n) is 1.14. The molecule has 0 saturated heterocycles. The maximum atomic E-state index is 13.1. The minimum Gasteiger partial charge on any atom is -0.369 e. The van der Waals surface area contributed by atoms with Crippen molar-refractivity contribution in [2.24, 2.45) is 11.7 Å². The highest BCUT2D eigenvalue weighted by Gasteiger charge is 2.19. The number of carbonyl (C=O) groups is 1. The Hall–Kier alpha value is -1.96. The van der Waals surface area contributed by atoms with E-state index in [-0.39, 0.29) is 12.0 Å². The summed E-state index contributed by atoms with van der Waals surface area (Å²) in [6, 6.07) is 4.93. The van der Waals surface area contributed by atoms with E-state index >= 15 is 0 Å².